The summed E-state index contributed by atoms with van der Waals surface area (Å²) in [6.07, 6.45) is 0.998. The quantitative estimate of drug-likeness (QED) is 0.323. The van der Waals surface area contributed by atoms with Crippen molar-refractivity contribution in [1.82, 2.24) is 0 Å². The van der Waals surface area contributed by atoms with Gasteiger partial charge in [-0.1, -0.05) is 91.0 Å². The summed E-state index contributed by atoms with van der Waals surface area (Å²) in [5.74, 6) is 0. The minimum atomic E-state index is -0.242. The highest BCUT2D eigenvalue weighted by molar-refractivity contribution is 5.15. The molecule has 3 aromatic rings. The lowest BCUT2D eigenvalue weighted by Crippen LogP contribution is -2.52. The van der Waals surface area contributed by atoms with Crippen LogP contribution in [0.25, 0.3) is 0 Å². The van der Waals surface area contributed by atoms with Crippen LogP contribution >= 0.6 is 0 Å². The van der Waals surface area contributed by atoms with Crippen molar-refractivity contribution in [2.45, 2.75) is 57.1 Å². The van der Waals surface area contributed by atoms with E-state index in [2.05, 4.69) is 36.4 Å². The first-order chi connectivity index (χ1) is 17.3. The van der Waals surface area contributed by atoms with Gasteiger partial charge in [-0.15, -0.1) is 0 Å². The first-order valence-electron chi connectivity index (χ1n) is 12.4. The molecule has 1 saturated heterocycles. The Kier molecular flexibility index (Phi) is 10.3. The molecule has 0 bridgehead atoms. The van der Waals surface area contributed by atoms with Crippen LogP contribution in [0, 0.1) is 0 Å². The van der Waals surface area contributed by atoms with E-state index in [-0.39, 0.29) is 24.4 Å². The lowest BCUT2D eigenvalue weighted by molar-refractivity contribution is -0.222. The Labute approximate surface area is 208 Å². The van der Waals surface area contributed by atoms with Crippen LogP contribution in [0.15, 0.2) is 91.0 Å². The fraction of sp³-hybridized carbons (Fsp3) is 0.400. The van der Waals surface area contributed by atoms with Crippen molar-refractivity contribution in [1.29, 1.82) is 0 Å². The van der Waals surface area contributed by atoms with Crippen LogP contribution in [0.1, 0.15) is 29.5 Å². The van der Waals surface area contributed by atoms with Crippen LogP contribution < -0.4 is 0 Å². The fourth-order valence-electron chi connectivity index (χ4n) is 4.37. The maximum Gasteiger partial charge on any atom is 0.113 e. The van der Waals surface area contributed by atoms with Gasteiger partial charge in [-0.05, 0) is 23.1 Å². The lowest BCUT2D eigenvalue weighted by atomic mass is 9.96. The second-order valence-corrected chi connectivity index (χ2v) is 8.91. The lowest BCUT2D eigenvalue weighted by Gasteiger charge is -2.41. The van der Waals surface area contributed by atoms with Gasteiger partial charge in [-0.2, -0.15) is 0 Å². The van der Waals surface area contributed by atoms with E-state index in [0.717, 1.165) is 29.5 Å². The molecule has 4 atom stereocenters. The largest absolute Gasteiger partial charge is 0.385 e. The van der Waals surface area contributed by atoms with Crippen LogP contribution in [0.4, 0.5) is 0 Å². The summed E-state index contributed by atoms with van der Waals surface area (Å²) >= 11 is 0. The van der Waals surface area contributed by atoms with Gasteiger partial charge in [0.1, 0.15) is 12.2 Å². The summed E-state index contributed by atoms with van der Waals surface area (Å²) in [5, 5.41) is 0. The molecule has 1 aliphatic heterocycles. The third-order valence-corrected chi connectivity index (χ3v) is 6.23. The summed E-state index contributed by atoms with van der Waals surface area (Å²) in [6, 6.07) is 30.7. The van der Waals surface area contributed by atoms with Crippen molar-refractivity contribution in [2.75, 3.05) is 20.3 Å². The Bertz CT molecular complexity index is 950. The normalized spacial score (nSPS) is 22.2. The van der Waals surface area contributed by atoms with Gasteiger partial charge in [-0.25, -0.2) is 0 Å². The number of methoxy groups -OCH3 is 1. The van der Waals surface area contributed by atoms with Crippen LogP contribution in [-0.4, -0.2) is 44.7 Å². The van der Waals surface area contributed by atoms with Gasteiger partial charge in [0.2, 0.25) is 0 Å². The van der Waals surface area contributed by atoms with E-state index >= 15 is 0 Å². The van der Waals surface area contributed by atoms with Crippen molar-refractivity contribution in [2.24, 2.45) is 0 Å². The van der Waals surface area contributed by atoms with Crippen LogP contribution in [-0.2, 0) is 43.5 Å². The predicted molar refractivity (Wildman–Crippen MR) is 136 cm³/mol. The Morgan fingerprint density at radius 1 is 0.714 bits per heavy atom. The third-order valence-electron chi connectivity index (χ3n) is 6.23. The first kappa shape index (κ1) is 25.5. The summed E-state index contributed by atoms with van der Waals surface area (Å²) in [4.78, 5) is 0. The molecule has 0 unspecified atom stereocenters. The number of hydrogen-bond donors (Lipinski definition) is 0. The van der Waals surface area contributed by atoms with E-state index in [1.165, 1.54) is 0 Å². The van der Waals surface area contributed by atoms with Gasteiger partial charge >= 0.3 is 0 Å². The Morgan fingerprint density at radius 2 is 1.26 bits per heavy atom. The van der Waals surface area contributed by atoms with Gasteiger partial charge in [0, 0.05) is 20.1 Å². The molecule has 1 aliphatic rings. The van der Waals surface area contributed by atoms with Crippen molar-refractivity contribution in [3.05, 3.63) is 108 Å². The average molecular weight is 477 g/mol. The molecule has 0 aliphatic carbocycles. The summed E-state index contributed by atoms with van der Waals surface area (Å²) in [7, 11) is 1.72. The fourth-order valence-corrected chi connectivity index (χ4v) is 4.37. The average Bonchev–Trinajstić information content (AvgIpc) is 2.92. The Balaban J connectivity index is 1.46. The van der Waals surface area contributed by atoms with Crippen molar-refractivity contribution < 1.29 is 23.7 Å². The van der Waals surface area contributed by atoms with E-state index in [9.17, 15) is 0 Å². The highest BCUT2D eigenvalue weighted by atomic mass is 16.6. The molecule has 35 heavy (non-hydrogen) atoms. The number of benzene rings is 3. The number of hydrogen-bond acceptors (Lipinski definition) is 5. The van der Waals surface area contributed by atoms with E-state index < -0.39 is 0 Å². The van der Waals surface area contributed by atoms with Crippen LogP contribution in [0.3, 0.4) is 0 Å². The first-order valence-corrected chi connectivity index (χ1v) is 12.4. The van der Waals surface area contributed by atoms with Crippen molar-refractivity contribution in [3.63, 3.8) is 0 Å². The van der Waals surface area contributed by atoms with Crippen molar-refractivity contribution in [3.8, 4) is 0 Å². The smallest absolute Gasteiger partial charge is 0.113 e. The minimum absolute atomic E-state index is 0.0256. The summed E-state index contributed by atoms with van der Waals surface area (Å²) in [6.45, 7) is 2.64. The molecule has 1 heterocycles. The zero-order valence-corrected chi connectivity index (χ0v) is 20.5. The SMILES string of the molecule is COCC[C@H]1C[C@@H](OCc2ccccc2)[C@H](OCc2ccccc2)[C@@H](COCc2ccccc2)O1. The Hall–Kier alpha value is -2.54. The van der Waals surface area contributed by atoms with E-state index in [4.69, 9.17) is 23.7 Å². The second-order valence-electron chi connectivity index (χ2n) is 8.91. The molecule has 0 aromatic heterocycles. The molecule has 0 spiro atoms. The predicted octanol–water partition coefficient (Wildman–Crippen LogP) is 5.57. The van der Waals surface area contributed by atoms with Crippen LogP contribution in [0.2, 0.25) is 0 Å². The van der Waals surface area contributed by atoms with Crippen molar-refractivity contribution >= 4 is 0 Å². The number of rotatable bonds is 13. The molecule has 0 N–H and O–H groups in total. The Morgan fingerprint density at radius 3 is 1.83 bits per heavy atom. The summed E-state index contributed by atoms with van der Waals surface area (Å²) in [5.41, 5.74) is 3.41. The molecule has 186 valence electrons. The van der Waals surface area contributed by atoms with Gasteiger partial charge in [0.15, 0.2) is 0 Å². The monoisotopic (exact) mass is 476 g/mol. The van der Waals surface area contributed by atoms with E-state index in [1.54, 1.807) is 7.11 Å². The standard InChI is InChI=1S/C30H36O5/c1-31-18-17-27-19-28(33-21-25-13-7-3-8-14-25)30(34-22-26-15-9-4-10-16-26)29(35-27)23-32-20-24-11-5-2-6-12-24/h2-16,27-30H,17-23H2,1H3/t27-,28+,29+,30-/m0/s1. The molecular formula is C30H36O5. The van der Waals surface area contributed by atoms with E-state index in [0.29, 0.717) is 33.0 Å². The second kappa shape index (κ2) is 14.1. The van der Waals surface area contributed by atoms with Gasteiger partial charge in [0.25, 0.3) is 0 Å². The molecule has 0 saturated carbocycles. The highest BCUT2D eigenvalue weighted by Crippen LogP contribution is 2.29. The zero-order chi connectivity index (χ0) is 24.1. The molecular weight excluding hydrogens is 440 g/mol. The molecule has 5 heteroatoms. The van der Waals surface area contributed by atoms with Crippen LogP contribution in [0.5, 0.6) is 0 Å². The topological polar surface area (TPSA) is 46.2 Å². The summed E-state index contributed by atoms with van der Waals surface area (Å²) < 4.78 is 30.9. The number of ether oxygens (including phenoxy) is 5. The van der Waals surface area contributed by atoms with Gasteiger partial charge < -0.3 is 23.7 Å². The zero-order valence-electron chi connectivity index (χ0n) is 20.5. The molecule has 0 amide bonds. The van der Waals surface area contributed by atoms with Gasteiger partial charge in [0.05, 0.1) is 38.6 Å². The maximum atomic E-state index is 6.50. The highest BCUT2D eigenvalue weighted by Gasteiger charge is 2.40. The third kappa shape index (κ3) is 8.27. The maximum absolute atomic E-state index is 6.50. The van der Waals surface area contributed by atoms with E-state index in [1.807, 2.05) is 54.6 Å². The molecule has 5 nitrogen and oxygen atoms in total. The molecule has 1 fully saturated rings. The van der Waals surface area contributed by atoms with Gasteiger partial charge in [-0.3, -0.25) is 0 Å². The molecule has 0 radical (unpaired) electrons. The molecule has 3 aromatic carbocycles. The molecule has 4 rings (SSSR count). The minimum Gasteiger partial charge on any atom is -0.385 e.